The average molecular weight is 439 g/mol. The Morgan fingerprint density at radius 2 is 1.97 bits per heavy atom. The maximum absolute atomic E-state index is 14.6. The van der Waals surface area contributed by atoms with Gasteiger partial charge in [0.05, 0.1) is 23.3 Å². The van der Waals surface area contributed by atoms with E-state index >= 15 is 0 Å². The fraction of sp³-hybridized carbons (Fsp3) is 0.211. The standard InChI is InChI=1S/C19H14ClF3N4OS/c1-19(2)15-14(4-3-11(21)16(15)23)27(17(19)28)7-9-5-12(22)13(6-10(9)20)26-18-24-8-25-29-18/h3-6,8H,7H2,1-2H3,(H,24,25,26). The van der Waals surface area contributed by atoms with Gasteiger partial charge in [-0.2, -0.15) is 4.37 Å². The second kappa shape index (κ2) is 7.00. The van der Waals surface area contributed by atoms with Crippen molar-refractivity contribution >= 4 is 45.5 Å². The monoisotopic (exact) mass is 438 g/mol. The van der Waals surface area contributed by atoms with E-state index in [2.05, 4.69) is 14.7 Å². The molecule has 1 aliphatic rings. The lowest BCUT2D eigenvalue weighted by Crippen LogP contribution is -2.36. The third-order valence-electron chi connectivity index (χ3n) is 4.84. The van der Waals surface area contributed by atoms with Crippen LogP contribution in [0, 0.1) is 17.5 Å². The largest absolute Gasteiger partial charge is 0.328 e. The van der Waals surface area contributed by atoms with Crippen molar-refractivity contribution in [1.82, 2.24) is 9.36 Å². The maximum atomic E-state index is 14.6. The number of fused-ring (bicyclic) bond motifs is 1. The molecular weight excluding hydrogens is 425 g/mol. The van der Waals surface area contributed by atoms with Crippen LogP contribution in [-0.4, -0.2) is 15.3 Å². The van der Waals surface area contributed by atoms with E-state index in [0.717, 1.165) is 17.6 Å². The number of hydrogen-bond donors (Lipinski definition) is 1. The van der Waals surface area contributed by atoms with E-state index < -0.39 is 28.8 Å². The number of carbonyl (C=O) groups is 1. The number of rotatable bonds is 4. The van der Waals surface area contributed by atoms with Crippen molar-refractivity contribution < 1.29 is 18.0 Å². The summed E-state index contributed by atoms with van der Waals surface area (Å²) in [6, 6.07) is 4.89. The van der Waals surface area contributed by atoms with E-state index in [4.69, 9.17) is 11.6 Å². The van der Waals surface area contributed by atoms with Gasteiger partial charge in [0.1, 0.15) is 12.1 Å². The first-order valence-electron chi connectivity index (χ1n) is 8.52. The predicted molar refractivity (Wildman–Crippen MR) is 105 cm³/mol. The van der Waals surface area contributed by atoms with Gasteiger partial charge in [-0.05, 0) is 43.7 Å². The molecule has 0 fully saturated rings. The van der Waals surface area contributed by atoms with Crippen molar-refractivity contribution in [1.29, 1.82) is 0 Å². The third-order valence-corrected chi connectivity index (χ3v) is 5.77. The average Bonchev–Trinajstić information content (AvgIpc) is 3.23. The minimum atomic E-state index is -1.26. The normalized spacial score (nSPS) is 15.0. The second-order valence-electron chi connectivity index (χ2n) is 7.07. The summed E-state index contributed by atoms with van der Waals surface area (Å²) in [5.41, 5.74) is -0.600. The molecule has 150 valence electrons. The van der Waals surface area contributed by atoms with Crippen LogP contribution in [0.1, 0.15) is 25.0 Å². The molecule has 0 unspecified atom stereocenters. The van der Waals surface area contributed by atoms with Gasteiger partial charge >= 0.3 is 0 Å². The molecule has 0 radical (unpaired) electrons. The van der Waals surface area contributed by atoms with Crippen molar-refractivity contribution in [3.63, 3.8) is 0 Å². The second-order valence-corrected chi connectivity index (χ2v) is 8.25. The van der Waals surface area contributed by atoms with Gasteiger partial charge in [0.15, 0.2) is 11.6 Å². The van der Waals surface area contributed by atoms with Crippen molar-refractivity contribution in [3.05, 3.63) is 64.2 Å². The highest BCUT2D eigenvalue weighted by Crippen LogP contribution is 2.44. The zero-order valence-electron chi connectivity index (χ0n) is 15.3. The fourth-order valence-electron chi connectivity index (χ4n) is 3.39. The van der Waals surface area contributed by atoms with Gasteiger partial charge in [0.25, 0.3) is 0 Å². The van der Waals surface area contributed by atoms with E-state index in [-0.39, 0.29) is 28.5 Å². The molecule has 29 heavy (non-hydrogen) atoms. The molecule has 0 atom stereocenters. The minimum Gasteiger partial charge on any atom is -0.328 e. The summed E-state index contributed by atoms with van der Waals surface area (Å²) < 4.78 is 46.5. The van der Waals surface area contributed by atoms with Gasteiger partial charge in [-0.1, -0.05) is 11.6 Å². The van der Waals surface area contributed by atoms with Crippen LogP contribution in [-0.2, 0) is 16.8 Å². The molecule has 10 heteroatoms. The van der Waals surface area contributed by atoms with E-state index in [1.54, 1.807) is 0 Å². The van der Waals surface area contributed by atoms with Crippen molar-refractivity contribution in [3.8, 4) is 0 Å². The van der Waals surface area contributed by atoms with Crippen molar-refractivity contribution in [2.24, 2.45) is 0 Å². The maximum Gasteiger partial charge on any atom is 0.237 e. The van der Waals surface area contributed by atoms with Crippen LogP contribution in [0.15, 0.2) is 30.6 Å². The number of benzene rings is 2. The van der Waals surface area contributed by atoms with Gasteiger partial charge in [0.2, 0.25) is 11.0 Å². The highest BCUT2D eigenvalue weighted by Gasteiger charge is 2.46. The fourth-order valence-corrected chi connectivity index (χ4v) is 4.06. The lowest BCUT2D eigenvalue weighted by Gasteiger charge is -2.21. The number of carbonyl (C=O) groups excluding carboxylic acids is 1. The Kier molecular flexibility index (Phi) is 4.74. The Labute approximate surface area is 173 Å². The molecule has 4 rings (SSSR count). The predicted octanol–water partition coefficient (Wildman–Crippen LogP) is 5.18. The van der Waals surface area contributed by atoms with Gasteiger partial charge in [-0.3, -0.25) is 4.79 Å². The molecule has 2 aromatic carbocycles. The summed E-state index contributed by atoms with van der Waals surface area (Å²) in [6.45, 7) is 2.96. The Hall–Kier alpha value is -2.65. The summed E-state index contributed by atoms with van der Waals surface area (Å²) in [5.74, 6) is -3.11. The van der Waals surface area contributed by atoms with Crippen molar-refractivity contribution in [2.75, 3.05) is 10.2 Å². The molecule has 1 aromatic heterocycles. The first kappa shape index (κ1) is 19.7. The SMILES string of the molecule is CC1(C)C(=O)N(Cc2cc(F)c(Nc3ncns3)cc2Cl)c2ccc(F)c(F)c21. The molecule has 1 amide bonds. The van der Waals surface area contributed by atoms with E-state index in [1.165, 1.54) is 43.3 Å². The molecule has 0 saturated carbocycles. The lowest BCUT2D eigenvalue weighted by atomic mass is 9.86. The Morgan fingerprint density at radius 3 is 2.66 bits per heavy atom. The number of anilines is 3. The van der Waals surface area contributed by atoms with Gasteiger partial charge < -0.3 is 10.2 Å². The first-order valence-corrected chi connectivity index (χ1v) is 9.67. The summed E-state index contributed by atoms with van der Waals surface area (Å²) in [4.78, 5) is 18.1. The van der Waals surface area contributed by atoms with Crippen LogP contribution in [0.5, 0.6) is 0 Å². The summed E-state index contributed by atoms with van der Waals surface area (Å²) in [6.07, 6.45) is 1.33. The summed E-state index contributed by atoms with van der Waals surface area (Å²) in [7, 11) is 0. The van der Waals surface area contributed by atoms with E-state index in [1.807, 2.05) is 0 Å². The molecule has 0 spiro atoms. The van der Waals surface area contributed by atoms with Gasteiger partial charge in [0, 0.05) is 22.1 Å². The highest BCUT2D eigenvalue weighted by molar-refractivity contribution is 7.09. The quantitative estimate of drug-likeness (QED) is 0.610. The van der Waals surface area contributed by atoms with Gasteiger partial charge in [-0.15, -0.1) is 0 Å². The van der Waals surface area contributed by atoms with Crippen LogP contribution in [0.2, 0.25) is 5.02 Å². The zero-order chi connectivity index (χ0) is 20.9. The number of nitrogens with one attached hydrogen (secondary N) is 1. The minimum absolute atomic E-state index is 0.0198. The first-order chi connectivity index (χ1) is 13.7. The van der Waals surface area contributed by atoms with Gasteiger partial charge in [-0.25, -0.2) is 18.2 Å². The van der Waals surface area contributed by atoms with Crippen LogP contribution in [0.4, 0.5) is 29.7 Å². The zero-order valence-corrected chi connectivity index (χ0v) is 16.8. The smallest absolute Gasteiger partial charge is 0.237 e. The van der Waals surface area contributed by atoms with Crippen LogP contribution < -0.4 is 10.2 Å². The number of aromatic nitrogens is 2. The Morgan fingerprint density at radius 1 is 1.21 bits per heavy atom. The number of halogens is 4. The number of hydrogen-bond acceptors (Lipinski definition) is 5. The molecule has 0 saturated heterocycles. The van der Waals surface area contributed by atoms with Crippen LogP contribution in [0.3, 0.4) is 0 Å². The molecule has 1 N–H and O–H groups in total. The van der Waals surface area contributed by atoms with Crippen LogP contribution in [0.25, 0.3) is 0 Å². The van der Waals surface area contributed by atoms with E-state index in [9.17, 15) is 18.0 Å². The number of nitrogens with zero attached hydrogens (tertiary/aromatic N) is 3. The molecule has 5 nitrogen and oxygen atoms in total. The molecule has 0 aliphatic carbocycles. The van der Waals surface area contributed by atoms with Crippen molar-refractivity contribution in [2.45, 2.75) is 25.8 Å². The van der Waals surface area contributed by atoms with Crippen LogP contribution >= 0.6 is 23.1 Å². The molecule has 3 aromatic rings. The topological polar surface area (TPSA) is 58.1 Å². The third kappa shape index (κ3) is 3.24. The molecular formula is C19H14ClF3N4OS. The Balaban J connectivity index is 1.69. The number of amides is 1. The Bertz CT molecular complexity index is 1120. The van der Waals surface area contributed by atoms with E-state index in [0.29, 0.717) is 10.7 Å². The summed E-state index contributed by atoms with van der Waals surface area (Å²) in [5, 5.41) is 3.39. The highest BCUT2D eigenvalue weighted by atomic mass is 35.5. The molecule has 2 heterocycles. The molecule has 1 aliphatic heterocycles. The lowest BCUT2D eigenvalue weighted by molar-refractivity contribution is -0.122. The molecule has 0 bridgehead atoms. The summed E-state index contributed by atoms with van der Waals surface area (Å²) >= 11 is 7.37.